The van der Waals surface area contributed by atoms with Gasteiger partial charge in [0.25, 0.3) is 5.91 Å². The number of amides is 1. The van der Waals surface area contributed by atoms with E-state index in [9.17, 15) is 14.3 Å². The van der Waals surface area contributed by atoms with E-state index in [4.69, 9.17) is 10.5 Å². The molecule has 0 spiro atoms. The Kier molecular flexibility index (Phi) is 6.05. The van der Waals surface area contributed by atoms with E-state index in [2.05, 4.69) is 10.6 Å². The number of ether oxygens (including phenoxy) is 1. The number of benzene rings is 2. The van der Waals surface area contributed by atoms with E-state index in [0.29, 0.717) is 37.6 Å². The van der Waals surface area contributed by atoms with Crippen LogP contribution in [0.1, 0.15) is 22.3 Å². The number of hydrogen-bond acceptors (Lipinski definition) is 5. The third-order valence-electron chi connectivity index (χ3n) is 4.57. The van der Waals surface area contributed by atoms with Gasteiger partial charge in [-0.1, -0.05) is 12.1 Å². The summed E-state index contributed by atoms with van der Waals surface area (Å²) in [4.78, 5) is 12.3. The summed E-state index contributed by atoms with van der Waals surface area (Å²) in [6.07, 6.45) is 1.32. The van der Waals surface area contributed by atoms with Crippen molar-refractivity contribution >= 4 is 5.91 Å². The van der Waals surface area contributed by atoms with E-state index >= 15 is 0 Å². The summed E-state index contributed by atoms with van der Waals surface area (Å²) >= 11 is 0. The third-order valence-corrected chi connectivity index (χ3v) is 4.57. The normalized spacial score (nSPS) is 19.1. The first-order valence-corrected chi connectivity index (χ1v) is 8.97. The second kappa shape index (κ2) is 8.47. The first kappa shape index (κ1) is 19.3. The molecule has 1 saturated heterocycles. The predicted molar refractivity (Wildman–Crippen MR) is 100 cm³/mol. The Bertz CT molecular complexity index is 790. The Hall–Kier alpha value is -2.48. The summed E-state index contributed by atoms with van der Waals surface area (Å²) in [5, 5.41) is 15.9. The molecule has 2 aromatic rings. The first-order chi connectivity index (χ1) is 13.0. The molecule has 0 radical (unpaired) electrons. The number of β-amino-alcohol motifs (C(OH)–C–C–N with tert-alkyl or cyclic N) is 1. The maximum absolute atomic E-state index is 14.1. The van der Waals surface area contributed by atoms with Gasteiger partial charge in [0.2, 0.25) is 0 Å². The van der Waals surface area contributed by atoms with Crippen LogP contribution < -0.4 is 21.1 Å². The molecule has 1 unspecified atom stereocenters. The van der Waals surface area contributed by atoms with Crippen molar-refractivity contribution in [2.24, 2.45) is 5.73 Å². The van der Waals surface area contributed by atoms with E-state index in [0.717, 1.165) is 12.0 Å². The van der Waals surface area contributed by atoms with Gasteiger partial charge in [0.15, 0.2) is 0 Å². The second-order valence-corrected chi connectivity index (χ2v) is 6.76. The molecule has 1 aliphatic rings. The number of rotatable bonds is 7. The predicted octanol–water partition coefficient (Wildman–Crippen LogP) is 1.57. The Labute approximate surface area is 157 Å². The van der Waals surface area contributed by atoms with Crippen molar-refractivity contribution in [2.45, 2.75) is 18.4 Å². The van der Waals surface area contributed by atoms with Crippen molar-refractivity contribution in [1.29, 1.82) is 0 Å². The fraction of sp³-hybridized carbons (Fsp3) is 0.350. The Morgan fingerprint density at radius 2 is 2.00 bits per heavy atom. The minimum Gasteiger partial charge on any atom is -0.457 e. The van der Waals surface area contributed by atoms with Gasteiger partial charge in [-0.15, -0.1) is 0 Å². The molecule has 1 heterocycles. The van der Waals surface area contributed by atoms with Crippen molar-refractivity contribution in [2.75, 3.05) is 26.2 Å². The Morgan fingerprint density at radius 1 is 1.26 bits per heavy atom. The zero-order valence-corrected chi connectivity index (χ0v) is 15.0. The van der Waals surface area contributed by atoms with Gasteiger partial charge in [-0.05, 0) is 61.8 Å². The highest BCUT2D eigenvalue weighted by atomic mass is 19.1. The molecule has 1 fully saturated rings. The maximum Gasteiger partial charge on any atom is 0.254 e. The molecule has 3 rings (SSSR count). The zero-order chi connectivity index (χ0) is 19.3. The SMILES string of the molecule is NCCc1ccc(Oc2ccc(F)c(C(=O)NCC3(O)CCNC3)c2)cc1. The van der Waals surface area contributed by atoms with Gasteiger partial charge >= 0.3 is 0 Å². The van der Waals surface area contributed by atoms with Crippen molar-refractivity contribution < 1.29 is 19.0 Å². The zero-order valence-electron chi connectivity index (χ0n) is 15.0. The van der Waals surface area contributed by atoms with Gasteiger partial charge in [-0.3, -0.25) is 4.79 Å². The molecule has 5 N–H and O–H groups in total. The second-order valence-electron chi connectivity index (χ2n) is 6.76. The third kappa shape index (κ3) is 5.03. The largest absolute Gasteiger partial charge is 0.457 e. The molecule has 0 saturated carbocycles. The van der Waals surface area contributed by atoms with Crippen molar-refractivity contribution in [1.82, 2.24) is 10.6 Å². The molecular weight excluding hydrogens is 349 g/mol. The summed E-state index contributed by atoms with van der Waals surface area (Å²) in [5.74, 6) is -0.291. The van der Waals surface area contributed by atoms with E-state index < -0.39 is 17.3 Å². The van der Waals surface area contributed by atoms with Gasteiger partial charge in [-0.25, -0.2) is 4.39 Å². The minimum atomic E-state index is -0.995. The first-order valence-electron chi connectivity index (χ1n) is 8.97. The van der Waals surface area contributed by atoms with Crippen molar-refractivity contribution in [3.63, 3.8) is 0 Å². The summed E-state index contributed by atoms with van der Waals surface area (Å²) in [6, 6.07) is 11.4. The molecular formula is C20H24FN3O3. The van der Waals surface area contributed by atoms with Crippen LogP contribution in [0.25, 0.3) is 0 Å². The molecule has 1 aliphatic heterocycles. The number of carbonyl (C=O) groups is 1. The van der Waals surface area contributed by atoms with Crippen LogP contribution in [0.15, 0.2) is 42.5 Å². The van der Waals surface area contributed by atoms with Crippen LogP contribution >= 0.6 is 0 Å². The number of nitrogens with one attached hydrogen (secondary N) is 2. The highest BCUT2D eigenvalue weighted by Gasteiger charge is 2.31. The van der Waals surface area contributed by atoms with Crippen LogP contribution in [0.4, 0.5) is 4.39 Å². The molecule has 27 heavy (non-hydrogen) atoms. The number of nitrogens with two attached hydrogens (primary N) is 1. The van der Waals surface area contributed by atoms with Crippen LogP contribution in [0, 0.1) is 5.82 Å². The molecule has 7 heteroatoms. The van der Waals surface area contributed by atoms with Crippen LogP contribution in [-0.2, 0) is 6.42 Å². The summed E-state index contributed by atoms with van der Waals surface area (Å²) in [5.41, 5.74) is 5.51. The molecule has 1 atom stereocenters. The van der Waals surface area contributed by atoms with Crippen molar-refractivity contribution in [3.05, 3.63) is 59.4 Å². The lowest BCUT2D eigenvalue weighted by atomic mass is 10.0. The van der Waals surface area contributed by atoms with Crippen LogP contribution in [-0.4, -0.2) is 42.8 Å². The fourth-order valence-corrected chi connectivity index (χ4v) is 2.99. The van der Waals surface area contributed by atoms with E-state index in [1.807, 2.05) is 12.1 Å². The van der Waals surface area contributed by atoms with Crippen LogP contribution in [0.5, 0.6) is 11.5 Å². The van der Waals surface area contributed by atoms with E-state index in [1.165, 1.54) is 18.2 Å². The molecule has 6 nitrogen and oxygen atoms in total. The maximum atomic E-state index is 14.1. The topological polar surface area (TPSA) is 96.6 Å². The summed E-state index contributed by atoms with van der Waals surface area (Å²) in [6.45, 7) is 1.72. The lowest BCUT2D eigenvalue weighted by Crippen LogP contribution is -2.44. The lowest BCUT2D eigenvalue weighted by Gasteiger charge is -2.21. The van der Waals surface area contributed by atoms with Gasteiger partial charge < -0.3 is 26.2 Å². The number of carbonyl (C=O) groups excluding carboxylic acids is 1. The molecule has 0 aliphatic carbocycles. The summed E-state index contributed by atoms with van der Waals surface area (Å²) in [7, 11) is 0. The average molecular weight is 373 g/mol. The Morgan fingerprint density at radius 3 is 2.67 bits per heavy atom. The number of halogens is 1. The standard InChI is InChI=1S/C20H24FN3O3/c21-18-6-5-16(27-15-3-1-14(2-4-15)7-9-22)11-17(18)19(25)24-13-20(26)8-10-23-12-20/h1-6,11,23,26H,7-10,12-13,22H2,(H,24,25). The monoisotopic (exact) mass is 373 g/mol. The quantitative estimate of drug-likeness (QED) is 0.591. The fourth-order valence-electron chi connectivity index (χ4n) is 2.99. The van der Waals surface area contributed by atoms with Gasteiger partial charge in [-0.2, -0.15) is 0 Å². The number of hydrogen-bond donors (Lipinski definition) is 4. The number of aliphatic hydroxyl groups is 1. The van der Waals surface area contributed by atoms with Gasteiger partial charge in [0.05, 0.1) is 11.2 Å². The molecule has 2 aromatic carbocycles. The smallest absolute Gasteiger partial charge is 0.254 e. The lowest BCUT2D eigenvalue weighted by molar-refractivity contribution is 0.0560. The molecule has 0 aromatic heterocycles. The Balaban J connectivity index is 1.67. The summed E-state index contributed by atoms with van der Waals surface area (Å²) < 4.78 is 19.8. The van der Waals surface area contributed by atoms with Crippen molar-refractivity contribution in [3.8, 4) is 11.5 Å². The highest BCUT2D eigenvalue weighted by Crippen LogP contribution is 2.24. The van der Waals surface area contributed by atoms with Gasteiger partial charge in [0.1, 0.15) is 17.3 Å². The van der Waals surface area contributed by atoms with E-state index in [-0.39, 0.29) is 12.1 Å². The molecule has 1 amide bonds. The van der Waals surface area contributed by atoms with Gasteiger partial charge in [0, 0.05) is 13.1 Å². The average Bonchev–Trinajstić information content (AvgIpc) is 3.10. The highest BCUT2D eigenvalue weighted by molar-refractivity contribution is 5.94. The minimum absolute atomic E-state index is 0.0615. The van der Waals surface area contributed by atoms with Crippen LogP contribution in [0.3, 0.4) is 0 Å². The molecule has 0 bridgehead atoms. The molecule has 144 valence electrons. The van der Waals surface area contributed by atoms with Crippen LogP contribution in [0.2, 0.25) is 0 Å². The van der Waals surface area contributed by atoms with E-state index in [1.54, 1.807) is 12.1 Å².